The lowest BCUT2D eigenvalue weighted by Crippen LogP contribution is -2.05. The van der Waals surface area contributed by atoms with E-state index in [0.717, 1.165) is 21.9 Å². The van der Waals surface area contributed by atoms with Crippen molar-refractivity contribution < 1.29 is 9.53 Å². The molecule has 0 fully saturated rings. The van der Waals surface area contributed by atoms with Gasteiger partial charge in [0.1, 0.15) is 5.75 Å². The third-order valence-corrected chi connectivity index (χ3v) is 3.03. The number of hydrogen-bond acceptors (Lipinski definition) is 4. The standard InChI is InChI=1S/C12H12N2O2S/c1-8(15)14-9-3-4-10(11(5-9)16-2)12-6-13-7-17-12/h3-7H,1-2H3,(H,14,15). The van der Waals surface area contributed by atoms with E-state index in [-0.39, 0.29) is 5.91 Å². The van der Waals surface area contributed by atoms with Crippen LogP contribution in [0.5, 0.6) is 5.75 Å². The topological polar surface area (TPSA) is 51.2 Å². The molecule has 2 aromatic rings. The molecule has 1 heterocycles. The van der Waals surface area contributed by atoms with Crippen LogP contribution in [0.3, 0.4) is 0 Å². The molecule has 1 amide bonds. The Bertz CT molecular complexity index is 523. The molecule has 0 unspecified atom stereocenters. The summed E-state index contributed by atoms with van der Waals surface area (Å²) >= 11 is 1.55. The summed E-state index contributed by atoms with van der Waals surface area (Å²) in [6.07, 6.45) is 1.79. The van der Waals surface area contributed by atoms with Crippen molar-refractivity contribution in [3.8, 4) is 16.2 Å². The molecule has 0 bridgehead atoms. The first-order chi connectivity index (χ1) is 8.20. The summed E-state index contributed by atoms with van der Waals surface area (Å²) in [6.45, 7) is 1.48. The van der Waals surface area contributed by atoms with Crippen LogP contribution < -0.4 is 10.1 Å². The highest BCUT2D eigenvalue weighted by Crippen LogP contribution is 2.34. The molecule has 4 nitrogen and oxygen atoms in total. The number of aromatic nitrogens is 1. The maximum Gasteiger partial charge on any atom is 0.221 e. The van der Waals surface area contributed by atoms with Crippen molar-refractivity contribution in [2.24, 2.45) is 0 Å². The number of thiazole rings is 1. The molecule has 0 aliphatic heterocycles. The van der Waals surface area contributed by atoms with Crippen molar-refractivity contribution in [1.29, 1.82) is 0 Å². The number of nitrogens with one attached hydrogen (secondary N) is 1. The summed E-state index contributed by atoms with van der Waals surface area (Å²) < 4.78 is 5.32. The summed E-state index contributed by atoms with van der Waals surface area (Å²) in [4.78, 5) is 16.0. The number of carbonyl (C=O) groups is 1. The maximum atomic E-state index is 11.0. The molecule has 1 N–H and O–H groups in total. The Balaban J connectivity index is 2.38. The number of benzene rings is 1. The zero-order valence-electron chi connectivity index (χ0n) is 9.56. The Hall–Kier alpha value is -1.88. The molecule has 17 heavy (non-hydrogen) atoms. The molecule has 0 aliphatic rings. The lowest BCUT2D eigenvalue weighted by Gasteiger charge is -2.09. The van der Waals surface area contributed by atoms with Gasteiger partial charge in [0.2, 0.25) is 5.91 Å². The van der Waals surface area contributed by atoms with Gasteiger partial charge in [-0.3, -0.25) is 9.78 Å². The fourth-order valence-corrected chi connectivity index (χ4v) is 2.18. The van der Waals surface area contributed by atoms with Crippen LogP contribution in [0, 0.1) is 0 Å². The number of carbonyl (C=O) groups excluding carboxylic acids is 1. The molecule has 0 atom stereocenters. The molecule has 0 saturated carbocycles. The van der Waals surface area contributed by atoms with Crippen LogP contribution in [0.25, 0.3) is 10.4 Å². The van der Waals surface area contributed by atoms with Crippen LogP contribution in [0.2, 0.25) is 0 Å². The van der Waals surface area contributed by atoms with Crippen molar-refractivity contribution >= 4 is 22.9 Å². The minimum Gasteiger partial charge on any atom is -0.496 e. The van der Waals surface area contributed by atoms with Crippen LogP contribution in [-0.4, -0.2) is 18.0 Å². The van der Waals surface area contributed by atoms with Gasteiger partial charge < -0.3 is 10.1 Å². The van der Waals surface area contributed by atoms with Gasteiger partial charge in [0.25, 0.3) is 0 Å². The predicted octanol–water partition coefficient (Wildman–Crippen LogP) is 2.78. The van der Waals surface area contributed by atoms with E-state index in [1.165, 1.54) is 6.92 Å². The van der Waals surface area contributed by atoms with E-state index in [2.05, 4.69) is 10.3 Å². The molecule has 5 heteroatoms. The van der Waals surface area contributed by atoms with Crippen LogP contribution in [0.15, 0.2) is 29.9 Å². The van der Waals surface area contributed by atoms with Gasteiger partial charge in [-0.1, -0.05) is 0 Å². The van der Waals surface area contributed by atoms with E-state index in [4.69, 9.17) is 4.74 Å². The molecule has 0 radical (unpaired) electrons. The summed E-state index contributed by atoms with van der Waals surface area (Å²) in [7, 11) is 1.61. The normalized spacial score (nSPS) is 10.0. The average molecular weight is 248 g/mol. The zero-order chi connectivity index (χ0) is 12.3. The Morgan fingerprint density at radius 2 is 2.29 bits per heavy atom. The van der Waals surface area contributed by atoms with Crippen molar-refractivity contribution in [2.75, 3.05) is 12.4 Å². The van der Waals surface area contributed by atoms with Gasteiger partial charge in [-0.2, -0.15) is 0 Å². The maximum absolute atomic E-state index is 11.0. The molecular weight excluding hydrogens is 236 g/mol. The monoisotopic (exact) mass is 248 g/mol. The second-order valence-electron chi connectivity index (χ2n) is 3.46. The van der Waals surface area contributed by atoms with Gasteiger partial charge in [0.15, 0.2) is 0 Å². The number of nitrogens with zero attached hydrogens (tertiary/aromatic N) is 1. The molecular formula is C12H12N2O2S. The fourth-order valence-electron chi connectivity index (χ4n) is 1.52. The predicted molar refractivity (Wildman–Crippen MR) is 68.4 cm³/mol. The van der Waals surface area contributed by atoms with E-state index < -0.39 is 0 Å². The Morgan fingerprint density at radius 3 is 2.88 bits per heavy atom. The van der Waals surface area contributed by atoms with Crippen LogP contribution in [0.4, 0.5) is 5.69 Å². The molecule has 0 aliphatic carbocycles. The first-order valence-corrected chi connectivity index (χ1v) is 5.93. The van der Waals surface area contributed by atoms with E-state index in [1.807, 2.05) is 12.1 Å². The Labute approximate surface area is 103 Å². The van der Waals surface area contributed by atoms with Gasteiger partial charge in [-0.05, 0) is 12.1 Å². The van der Waals surface area contributed by atoms with E-state index in [9.17, 15) is 4.79 Å². The molecule has 0 saturated heterocycles. The third kappa shape index (κ3) is 2.62. The average Bonchev–Trinajstić information content (AvgIpc) is 2.81. The zero-order valence-corrected chi connectivity index (χ0v) is 10.4. The number of amides is 1. The van der Waals surface area contributed by atoms with Gasteiger partial charge in [-0.15, -0.1) is 11.3 Å². The molecule has 0 spiro atoms. The summed E-state index contributed by atoms with van der Waals surface area (Å²) in [5.41, 5.74) is 3.47. The molecule has 2 rings (SSSR count). The number of rotatable bonds is 3. The van der Waals surface area contributed by atoms with Crippen LogP contribution in [0.1, 0.15) is 6.92 Å². The van der Waals surface area contributed by atoms with E-state index in [1.54, 1.807) is 36.2 Å². The highest BCUT2D eigenvalue weighted by atomic mass is 32.1. The number of ether oxygens (including phenoxy) is 1. The summed E-state index contributed by atoms with van der Waals surface area (Å²) in [5, 5.41) is 2.72. The van der Waals surface area contributed by atoms with Gasteiger partial charge in [-0.25, -0.2) is 0 Å². The molecule has 88 valence electrons. The van der Waals surface area contributed by atoms with Gasteiger partial charge in [0.05, 0.1) is 17.5 Å². The highest BCUT2D eigenvalue weighted by molar-refractivity contribution is 7.13. The Kier molecular flexibility index (Phi) is 3.39. The van der Waals surface area contributed by atoms with Gasteiger partial charge in [0, 0.05) is 30.4 Å². The number of anilines is 1. The first-order valence-electron chi connectivity index (χ1n) is 5.05. The second kappa shape index (κ2) is 4.97. The minimum atomic E-state index is -0.0995. The quantitative estimate of drug-likeness (QED) is 0.908. The lowest BCUT2D eigenvalue weighted by atomic mass is 10.1. The van der Waals surface area contributed by atoms with Gasteiger partial charge >= 0.3 is 0 Å². The smallest absolute Gasteiger partial charge is 0.221 e. The Morgan fingerprint density at radius 1 is 1.47 bits per heavy atom. The van der Waals surface area contributed by atoms with Crippen molar-refractivity contribution in [3.05, 3.63) is 29.9 Å². The lowest BCUT2D eigenvalue weighted by molar-refractivity contribution is -0.114. The minimum absolute atomic E-state index is 0.0995. The largest absolute Gasteiger partial charge is 0.496 e. The molecule has 1 aromatic carbocycles. The third-order valence-electron chi connectivity index (χ3n) is 2.22. The van der Waals surface area contributed by atoms with Crippen LogP contribution >= 0.6 is 11.3 Å². The number of hydrogen-bond donors (Lipinski definition) is 1. The molecule has 1 aromatic heterocycles. The second-order valence-corrected chi connectivity index (χ2v) is 4.35. The van der Waals surface area contributed by atoms with E-state index >= 15 is 0 Å². The number of methoxy groups -OCH3 is 1. The van der Waals surface area contributed by atoms with Crippen molar-refractivity contribution in [3.63, 3.8) is 0 Å². The SMILES string of the molecule is COc1cc(NC(C)=O)ccc1-c1cncs1. The van der Waals surface area contributed by atoms with E-state index in [0.29, 0.717) is 0 Å². The van der Waals surface area contributed by atoms with Crippen molar-refractivity contribution in [2.45, 2.75) is 6.92 Å². The summed E-state index contributed by atoms with van der Waals surface area (Å²) in [5.74, 6) is 0.623. The summed E-state index contributed by atoms with van der Waals surface area (Å²) in [6, 6.07) is 5.56. The highest BCUT2D eigenvalue weighted by Gasteiger charge is 2.08. The van der Waals surface area contributed by atoms with Crippen LogP contribution in [-0.2, 0) is 4.79 Å². The first kappa shape index (κ1) is 11.6. The fraction of sp³-hybridized carbons (Fsp3) is 0.167. The van der Waals surface area contributed by atoms with Crippen molar-refractivity contribution in [1.82, 2.24) is 4.98 Å².